The summed E-state index contributed by atoms with van der Waals surface area (Å²) < 4.78 is 10.9. The molecule has 0 aliphatic carbocycles. The molecule has 2 aromatic rings. The number of carbonyl (C=O) groups is 1. The first-order chi connectivity index (χ1) is 15.1. The molecule has 0 N–H and O–H groups in total. The van der Waals surface area contributed by atoms with Gasteiger partial charge < -0.3 is 14.4 Å². The molecule has 1 radical (unpaired) electrons. The molecule has 167 valence electrons. The summed E-state index contributed by atoms with van der Waals surface area (Å²) >= 11 is 1.78. The summed E-state index contributed by atoms with van der Waals surface area (Å²) in [5.74, 6) is -0.316. The number of likely N-dealkylation sites (tertiary alicyclic amines) is 1. The van der Waals surface area contributed by atoms with Crippen LogP contribution >= 0.6 is 11.8 Å². The van der Waals surface area contributed by atoms with E-state index < -0.39 is 0 Å². The van der Waals surface area contributed by atoms with Gasteiger partial charge in [0.2, 0.25) is 0 Å². The highest BCUT2D eigenvalue weighted by Gasteiger charge is 2.12. The van der Waals surface area contributed by atoms with Crippen molar-refractivity contribution in [3.63, 3.8) is 0 Å². The molecule has 0 saturated carbocycles. The number of rotatable bonds is 10. The van der Waals surface area contributed by atoms with E-state index >= 15 is 0 Å². The molecular weight excluding hydrogens is 406 g/mol. The van der Waals surface area contributed by atoms with Crippen molar-refractivity contribution in [2.24, 2.45) is 0 Å². The van der Waals surface area contributed by atoms with Crippen LogP contribution in [0.3, 0.4) is 0 Å². The molecule has 1 aliphatic heterocycles. The van der Waals surface area contributed by atoms with Crippen LogP contribution < -0.4 is 0 Å². The summed E-state index contributed by atoms with van der Waals surface area (Å²) in [5.41, 5.74) is 5.27. The SMILES string of the molecule is [CH2]C(Cc1ccc(-c2ccc(C(=O)OC)cc2)cc1COCCN1CCCCC1)SC. The highest BCUT2D eigenvalue weighted by molar-refractivity contribution is 7.99. The summed E-state index contributed by atoms with van der Waals surface area (Å²) in [5, 5.41) is 0.317. The van der Waals surface area contributed by atoms with E-state index in [0.29, 0.717) is 17.4 Å². The molecule has 1 saturated heterocycles. The second-order valence-electron chi connectivity index (χ2n) is 8.07. The van der Waals surface area contributed by atoms with E-state index in [0.717, 1.165) is 30.7 Å². The number of hydrogen-bond acceptors (Lipinski definition) is 5. The Morgan fingerprint density at radius 2 is 1.77 bits per heavy atom. The average molecular weight is 441 g/mol. The van der Waals surface area contributed by atoms with Crippen LogP contribution in [0, 0.1) is 6.92 Å². The van der Waals surface area contributed by atoms with E-state index in [1.54, 1.807) is 11.8 Å². The third kappa shape index (κ3) is 7.09. The molecule has 0 amide bonds. The third-order valence-electron chi connectivity index (χ3n) is 5.88. The Hall–Kier alpha value is -1.82. The monoisotopic (exact) mass is 440 g/mol. The number of nitrogens with zero attached hydrogens (tertiary/aromatic N) is 1. The quantitative estimate of drug-likeness (QED) is 0.373. The van der Waals surface area contributed by atoms with Crippen molar-refractivity contribution >= 4 is 17.7 Å². The minimum absolute atomic E-state index is 0.316. The number of esters is 1. The van der Waals surface area contributed by atoms with Crippen LogP contribution in [0.4, 0.5) is 0 Å². The second-order valence-corrected chi connectivity index (χ2v) is 9.21. The van der Waals surface area contributed by atoms with Crippen molar-refractivity contribution in [2.45, 2.75) is 37.5 Å². The van der Waals surface area contributed by atoms with Gasteiger partial charge in [0.05, 0.1) is 25.9 Å². The largest absolute Gasteiger partial charge is 0.465 e. The predicted molar refractivity (Wildman–Crippen MR) is 130 cm³/mol. The summed E-state index contributed by atoms with van der Waals surface area (Å²) in [7, 11) is 1.40. The third-order valence-corrected chi connectivity index (χ3v) is 6.72. The maximum absolute atomic E-state index is 11.7. The maximum Gasteiger partial charge on any atom is 0.337 e. The van der Waals surface area contributed by atoms with Crippen LogP contribution in [-0.4, -0.2) is 55.7 Å². The van der Waals surface area contributed by atoms with Gasteiger partial charge in [0.15, 0.2) is 0 Å². The number of thioether (sulfide) groups is 1. The van der Waals surface area contributed by atoms with Gasteiger partial charge in [-0.15, -0.1) is 0 Å². The van der Waals surface area contributed by atoms with Gasteiger partial charge in [-0.3, -0.25) is 0 Å². The first-order valence-corrected chi connectivity index (χ1v) is 12.4. The number of hydrogen-bond donors (Lipinski definition) is 0. The molecule has 5 heteroatoms. The number of methoxy groups -OCH3 is 1. The molecule has 4 nitrogen and oxygen atoms in total. The fourth-order valence-electron chi connectivity index (χ4n) is 3.94. The van der Waals surface area contributed by atoms with Gasteiger partial charge in [-0.1, -0.05) is 30.7 Å². The highest BCUT2D eigenvalue weighted by atomic mass is 32.2. The van der Waals surface area contributed by atoms with Gasteiger partial charge in [0.25, 0.3) is 0 Å². The maximum atomic E-state index is 11.7. The Morgan fingerprint density at radius 1 is 1.06 bits per heavy atom. The lowest BCUT2D eigenvalue weighted by Gasteiger charge is -2.26. The molecular formula is C26H34NO3S. The second kappa shape index (κ2) is 12.3. The minimum atomic E-state index is -0.316. The highest BCUT2D eigenvalue weighted by Crippen LogP contribution is 2.26. The lowest BCUT2D eigenvalue weighted by Crippen LogP contribution is -2.32. The Kier molecular flexibility index (Phi) is 9.44. The van der Waals surface area contributed by atoms with Crippen molar-refractivity contribution in [1.29, 1.82) is 0 Å². The van der Waals surface area contributed by atoms with Crippen molar-refractivity contribution in [2.75, 3.05) is 39.6 Å². The minimum Gasteiger partial charge on any atom is -0.465 e. The van der Waals surface area contributed by atoms with Crippen molar-refractivity contribution in [3.8, 4) is 11.1 Å². The molecule has 1 unspecified atom stereocenters. The molecule has 1 aliphatic rings. The Morgan fingerprint density at radius 3 is 2.45 bits per heavy atom. The first kappa shape index (κ1) is 23.8. The fraction of sp³-hybridized carbons (Fsp3) is 0.462. The number of piperidine rings is 1. The van der Waals surface area contributed by atoms with Gasteiger partial charge in [-0.2, -0.15) is 11.8 Å². The molecule has 0 bridgehead atoms. The van der Waals surface area contributed by atoms with Crippen LogP contribution in [0.15, 0.2) is 42.5 Å². The van der Waals surface area contributed by atoms with Crippen molar-refractivity contribution < 1.29 is 14.3 Å². The van der Waals surface area contributed by atoms with E-state index in [2.05, 4.69) is 36.3 Å². The van der Waals surface area contributed by atoms with E-state index in [4.69, 9.17) is 9.47 Å². The lowest BCUT2D eigenvalue weighted by molar-refractivity contribution is 0.0600. The molecule has 1 heterocycles. The summed E-state index contributed by atoms with van der Waals surface area (Å²) in [4.78, 5) is 14.2. The number of carbonyl (C=O) groups excluding carboxylic acids is 1. The average Bonchev–Trinajstić information content (AvgIpc) is 2.82. The molecule has 1 fully saturated rings. The molecule has 2 aromatic carbocycles. The van der Waals surface area contributed by atoms with Crippen LogP contribution in [0.25, 0.3) is 11.1 Å². The zero-order chi connectivity index (χ0) is 22.1. The Balaban J connectivity index is 1.70. The number of benzene rings is 2. The first-order valence-electron chi connectivity index (χ1n) is 11.1. The van der Waals surface area contributed by atoms with Gasteiger partial charge in [-0.05, 0) is 86.0 Å². The molecule has 1 atom stereocenters. The summed E-state index contributed by atoms with van der Waals surface area (Å²) in [6.45, 7) is 9.01. The molecule has 0 spiro atoms. The van der Waals surface area contributed by atoms with Gasteiger partial charge in [0, 0.05) is 11.8 Å². The lowest BCUT2D eigenvalue weighted by atomic mass is 9.96. The van der Waals surface area contributed by atoms with E-state index in [-0.39, 0.29) is 5.97 Å². The van der Waals surface area contributed by atoms with Crippen LogP contribution in [0.2, 0.25) is 0 Å². The molecule has 3 rings (SSSR count). The van der Waals surface area contributed by atoms with E-state index in [1.165, 1.54) is 50.6 Å². The number of ether oxygens (including phenoxy) is 2. The smallest absolute Gasteiger partial charge is 0.337 e. The van der Waals surface area contributed by atoms with Crippen molar-refractivity contribution in [1.82, 2.24) is 4.90 Å². The van der Waals surface area contributed by atoms with E-state index in [9.17, 15) is 4.79 Å². The standard InChI is InChI=1S/C26H34NO3S/c1-20(31-3)17-23-11-12-24(21-7-9-22(10-8-21)26(28)29-2)18-25(23)19-30-16-15-27-13-5-4-6-14-27/h7-12,18,20H,1,4-6,13-17,19H2,2-3H3. The van der Waals surface area contributed by atoms with Crippen molar-refractivity contribution in [3.05, 3.63) is 66.1 Å². The predicted octanol–water partition coefficient (Wildman–Crippen LogP) is 5.25. The Labute approximate surface area is 191 Å². The van der Waals surface area contributed by atoms with E-state index in [1.807, 2.05) is 24.3 Å². The van der Waals surface area contributed by atoms with Gasteiger partial charge >= 0.3 is 5.97 Å². The van der Waals surface area contributed by atoms with Gasteiger partial charge in [0.1, 0.15) is 0 Å². The van der Waals surface area contributed by atoms with Crippen LogP contribution in [0.5, 0.6) is 0 Å². The van der Waals surface area contributed by atoms with Crippen LogP contribution in [0.1, 0.15) is 40.7 Å². The molecule has 31 heavy (non-hydrogen) atoms. The van der Waals surface area contributed by atoms with Gasteiger partial charge in [-0.25, -0.2) is 4.79 Å². The normalized spacial score (nSPS) is 15.6. The van der Waals surface area contributed by atoms with Crippen LogP contribution in [-0.2, 0) is 22.5 Å². The zero-order valence-electron chi connectivity index (χ0n) is 18.8. The molecule has 0 aromatic heterocycles. The Bertz CT molecular complexity index is 831. The fourth-order valence-corrected chi connectivity index (χ4v) is 4.29. The summed E-state index contributed by atoms with van der Waals surface area (Å²) in [6.07, 6.45) is 6.99. The summed E-state index contributed by atoms with van der Waals surface area (Å²) in [6, 6.07) is 14.1. The zero-order valence-corrected chi connectivity index (χ0v) is 19.6. The topological polar surface area (TPSA) is 38.8 Å².